The predicted molar refractivity (Wildman–Crippen MR) is 107 cm³/mol. The first-order valence-electron chi connectivity index (χ1n) is 9.16. The molecule has 0 atom stereocenters. The van der Waals surface area contributed by atoms with Crippen molar-refractivity contribution >= 4 is 29.0 Å². The largest absolute Gasteiger partial charge is 0.416 e. The molecule has 0 saturated carbocycles. The van der Waals surface area contributed by atoms with Gasteiger partial charge >= 0.3 is 6.18 Å². The summed E-state index contributed by atoms with van der Waals surface area (Å²) < 4.78 is 40.8. The van der Waals surface area contributed by atoms with Crippen LogP contribution in [0.1, 0.15) is 60.3 Å². The fourth-order valence-electron chi connectivity index (χ4n) is 3.00. The molecule has 1 aromatic carbocycles. The summed E-state index contributed by atoms with van der Waals surface area (Å²) in [5.74, 6) is 0. The number of aliphatic imine (C=N–C) groups is 1. The van der Waals surface area contributed by atoms with Crippen LogP contribution in [0.25, 0.3) is 16.5 Å². The Morgan fingerprint density at radius 2 is 1.96 bits per heavy atom. The molecule has 0 saturated heterocycles. The van der Waals surface area contributed by atoms with Crippen LogP contribution >= 0.6 is 0 Å². The van der Waals surface area contributed by atoms with Crippen LogP contribution in [0.2, 0.25) is 0 Å². The number of hydrogen-bond acceptors (Lipinski definition) is 4. The standard InChI is InChI=1S/C21H24F3N3O/c1-3-26-12-14(2)19-10-16(13-28)17-9-15(7-5-4-6-8-25)18(21(22,23)24)11-20(17)27-19/h3,9-13H,4-8,25H2,1-2H3/b14-12+,26-3?. The molecule has 0 fully saturated rings. The molecular weight excluding hydrogens is 367 g/mol. The zero-order chi connectivity index (χ0) is 20.7. The maximum Gasteiger partial charge on any atom is 0.416 e. The highest BCUT2D eigenvalue weighted by molar-refractivity contribution is 5.98. The van der Waals surface area contributed by atoms with Crippen LogP contribution in [0, 0.1) is 0 Å². The molecular formula is C21H24F3N3O. The van der Waals surface area contributed by atoms with Crippen LogP contribution in [-0.4, -0.2) is 24.0 Å². The van der Waals surface area contributed by atoms with Gasteiger partial charge in [0.15, 0.2) is 6.29 Å². The number of hydrogen-bond donors (Lipinski definition) is 1. The fourth-order valence-corrected chi connectivity index (χ4v) is 3.00. The van der Waals surface area contributed by atoms with Gasteiger partial charge in [-0.15, -0.1) is 0 Å². The second kappa shape index (κ2) is 9.59. The summed E-state index contributed by atoms with van der Waals surface area (Å²) in [6.07, 6.45) is 1.70. The minimum absolute atomic E-state index is 0.144. The van der Waals surface area contributed by atoms with E-state index in [2.05, 4.69) is 9.98 Å². The molecule has 2 aromatic rings. The van der Waals surface area contributed by atoms with Crippen LogP contribution in [0.5, 0.6) is 0 Å². The molecule has 4 nitrogen and oxygen atoms in total. The van der Waals surface area contributed by atoms with Crippen molar-refractivity contribution in [2.75, 3.05) is 6.54 Å². The first kappa shape index (κ1) is 21.8. The number of aldehydes is 1. The summed E-state index contributed by atoms with van der Waals surface area (Å²) in [5, 5.41) is 0.423. The van der Waals surface area contributed by atoms with Crippen LogP contribution in [0.3, 0.4) is 0 Å². The van der Waals surface area contributed by atoms with Crippen LogP contribution in [0.4, 0.5) is 13.2 Å². The molecule has 0 bridgehead atoms. The Morgan fingerprint density at radius 3 is 2.57 bits per heavy atom. The Bertz CT molecular complexity index is 902. The van der Waals surface area contributed by atoms with Crippen molar-refractivity contribution in [3.05, 3.63) is 46.8 Å². The molecule has 1 heterocycles. The van der Waals surface area contributed by atoms with Crippen molar-refractivity contribution in [2.45, 2.75) is 45.7 Å². The molecule has 7 heteroatoms. The normalized spacial score (nSPS) is 12.9. The number of nitrogens with two attached hydrogens (primary N) is 1. The van der Waals surface area contributed by atoms with Crippen molar-refractivity contribution in [2.24, 2.45) is 10.7 Å². The predicted octanol–water partition coefficient (Wildman–Crippen LogP) is 5.19. The first-order chi connectivity index (χ1) is 13.3. The molecule has 0 radical (unpaired) electrons. The third-order valence-corrected chi connectivity index (χ3v) is 4.47. The fraction of sp³-hybridized carbons (Fsp3) is 0.381. The number of carbonyl (C=O) groups excluding carboxylic acids is 1. The van der Waals surface area contributed by atoms with Crippen molar-refractivity contribution in [1.29, 1.82) is 0 Å². The number of nitrogens with zero attached hydrogens (tertiary/aromatic N) is 2. The van der Waals surface area contributed by atoms with E-state index >= 15 is 0 Å². The maximum atomic E-state index is 13.6. The van der Waals surface area contributed by atoms with Crippen molar-refractivity contribution in [3.8, 4) is 0 Å². The van der Waals surface area contributed by atoms with Gasteiger partial charge in [0.1, 0.15) is 0 Å². The number of aryl methyl sites for hydroxylation is 1. The molecule has 28 heavy (non-hydrogen) atoms. The molecule has 0 amide bonds. The minimum atomic E-state index is -4.49. The molecule has 0 spiro atoms. The van der Waals surface area contributed by atoms with Crippen molar-refractivity contribution in [3.63, 3.8) is 0 Å². The van der Waals surface area contributed by atoms with Gasteiger partial charge in [-0.1, -0.05) is 6.42 Å². The van der Waals surface area contributed by atoms with E-state index < -0.39 is 11.7 Å². The van der Waals surface area contributed by atoms with Gasteiger partial charge in [-0.25, -0.2) is 4.98 Å². The summed E-state index contributed by atoms with van der Waals surface area (Å²) in [6.45, 7) is 4.01. The lowest BCUT2D eigenvalue weighted by Gasteiger charge is -2.15. The molecule has 150 valence electrons. The van der Waals surface area contributed by atoms with E-state index in [1.807, 2.05) is 0 Å². The Hall–Kier alpha value is -2.54. The first-order valence-corrected chi connectivity index (χ1v) is 9.16. The molecule has 0 unspecified atom stereocenters. The number of pyridine rings is 1. The second-order valence-corrected chi connectivity index (χ2v) is 6.56. The maximum absolute atomic E-state index is 13.6. The van der Waals surface area contributed by atoms with Crippen molar-refractivity contribution < 1.29 is 18.0 Å². The molecule has 2 N–H and O–H groups in total. The van der Waals surface area contributed by atoms with Gasteiger partial charge in [-0.3, -0.25) is 9.79 Å². The number of unbranched alkanes of at least 4 members (excludes halogenated alkanes) is 2. The van der Waals surface area contributed by atoms with E-state index in [4.69, 9.17) is 5.73 Å². The van der Waals surface area contributed by atoms with Gasteiger partial charge < -0.3 is 5.73 Å². The number of rotatable bonds is 8. The molecule has 1 aromatic heterocycles. The van der Waals surface area contributed by atoms with E-state index in [9.17, 15) is 18.0 Å². The summed E-state index contributed by atoms with van der Waals surface area (Å²) in [5.41, 5.74) is 6.45. The van der Waals surface area contributed by atoms with Crippen molar-refractivity contribution in [1.82, 2.24) is 4.98 Å². The van der Waals surface area contributed by atoms with Gasteiger partial charge in [0, 0.05) is 23.4 Å². The second-order valence-electron chi connectivity index (χ2n) is 6.56. The summed E-state index contributed by atoms with van der Waals surface area (Å²) in [6, 6.07) is 4.07. The van der Waals surface area contributed by atoms with Gasteiger partial charge in [0.25, 0.3) is 0 Å². The number of aromatic nitrogens is 1. The third kappa shape index (κ3) is 5.25. The zero-order valence-corrected chi connectivity index (χ0v) is 16.0. The van der Waals surface area contributed by atoms with E-state index in [-0.39, 0.29) is 17.5 Å². The number of carbonyl (C=O) groups is 1. The molecule has 0 aliphatic carbocycles. The lowest BCUT2D eigenvalue weighted by molar-refractivity contribution is -0.138. The van der Waals surface area contributed by atoms with Gasteiger partial charge in [-0.2, -0.15) is 13.2 Å². The van der Waals surface area contributed by atoms with Gasteiger partial charge in [0.2, 0.25) is 0 Å². The lowest BCUT2D eigenvalue weighted by Crippen LogP contribution is -2.10. The zero-order valence-electron chi connectivity index (χ0n) is 16.0. The monoisotopic (exact) mass is 391 g/mol. The lowest BCUT2D eigenvalue weighted by atomic mass is 9.96. The Kier molecular flexibility index (Phi) is 7.45. The van der Waals surface area contributed by atoms with Gasteiger partial charge in [-0.05, 0) is 69.0 Å². The highest BCUT2D eigenvalue weighted by Gasteiger charge is 2.33. The average Bonchev–Trinajstić information content (AvgIpc) is 2.67. The molecule has 2 rings (SSSR count). The van der Waals surface area contributed by atoms with Crippen LogP contribution < -0.4 is 5.73 Å². The Labute approximate surface area is 162 Å². The van der Waals surface area contributed by atoms with Crippen LogP contribution in [0.15, 0.2) is 29.4 Å². The SMILES string of the molecule is CC=N/C=C(\C)c1cc(C=O)c2cc(CCCCCN)c(C(F)(F)F)cc2n1. The quantitative estimate of drug-likeness (QED) is 0.383. The smallest absolute Gasteiger partial charge is 0.330 e. The molecule has 0 aliphatic rings. The molecule has 0 aliphatic heterocycles. The summed E-state index contributed by atoms with van der Waals surface area (Å²) in [7, 11) is 0. The van der Waals surface area contributed by atoms with E-state index in [0.29, 0.717) is 41.5 Å². The van der Waals surface area contributed by atoms with Crippen LogP contribution in [-0.2, 0) is 12.6 Å². The minimum Gasteiger partial charge on any atom is -0.330 e. The number of benzene rings is 1. The number of alkyl halides is 3. The van der Waals surface area contributed by atoms with E-state index in [1.165, 1.54) is 6.07 Å². The highest BCUT2D eigenvalue weighted by atomic mass is 19.4. The summed E-state index contributed by atoms with van der Waals surface area (Å²) in [4.78, 5) is 19.9. The topological polar surface area (TPSA) is 68.3 Å². The highest BCUT2D eigenvalue weighted by Crippen LogP contribution is 2.36. The van der Waals surface area contributed by atoms with E-state index in [0.717, 1.165) is 18.9 Å². The summed E-state index contributed by atoms with van der Waals surface area (Å²) >= 11 is 0. The Balaban J connectivity index is 2.61. The third-order valence-electron chi connectivity index (χ3n) is 4.47. The number of allylic oxidation sites excluding steroid dienone is 1. The van der Waals surface area contributed by atoms with Gasteiger partial charge in [0.05, 0.1) is 16.8 Å². The van der Waals surface area contributed by atoms with E-state index in [1.54, 1.807) is 32.3 Å². The number of fused-ring (bicyclic) bond motifs is 1. The number of halogens is 3. The average molecular weight is 391 g/mol. The Morgan fingerprint density at radius 1 is 1.21 bits per heavy atom.